The molecule has 0 spiro atoms. The Morgan fingerprint density at radius 2 is 1.90 bits per heavy atom. The Morgan fingerprint density at radius 1 is 1.17 bits per heavy atom. The highest BCUT2D eigenvalue weighted by Crippen LogP contribution is 2.28. The molecule has 0 aliphatic rings. The van der Waals surface area contributed by atoms with E-state index in [1.807, 2.05) is 17.5 Å². The molecule has 0 saturated carbocycles. The molecule has 0 unspecified atom stereocenters. The second-order valence-electron chi connectivity index (χ2n) is 6.63. The summed E-state index contributed by atoms with van der Waals surface area (Å²) >= 11 is 7.37. The van der Waals surface area contributed by atoms with Crippen molar-refractivity contribution in [2.75, 3.05) is 0 Å². The number of thiazole rings is 1. The molecule has 0 radical (unpaired) electrons. The van der Waals surface area contributed by atoms with Crippen molar-refractivity contribution < 1.29 is 12.8 Å². The molecule has 4 aromatic rings. The normalized spacial score (nSPS) is 12.0. The Morgan fingerprint density at radius 3 is 2.59 bits per heavy atom. The third-order valence-electron chi connectivity index (χ3n) is 4.66. The van der Waals surface area contributed by atoms with E-state index in [4.69, 9.17) is 11.6 Å². The summed E-state index contributed by atoms with van der Waals surface area (Å²) < 4.78 is 43.1. The van der Waals surface area contributed by atoms with Crippen LogP contribution < -0.4 is 4.72 Å². The fourth-order valence-electron chi connectivity index (χ4n) is 3.02. The number of hydrogen-bond acceptors (Lipinski definition) is 4. The number of fused-ring (bicyclic) bond motifs is 1. The van der Waals surface area contributed by atoms with Crippen molar-refractivity contribution >= 4 is 37.9 Å². The molecule has 0 aliphatic carbocycles. The van der Waals surface area contributed by atoms with E-state index in [0.29, 0.717) is 10.6 Å². The predicted molar refractivity (Wildman–Crippen MR) is 113 cm³/mol. The summed E-state index contributed by atoms with van der Waals surface area (Å²) in [5, 5.41) is 0.370. The highest BCUT2D eigenvalue weighted by Gasteiger charge is 2.19. The van der Waals surface area contributed by atoms with Crippen LogP contribution in [0.2, 0.25) is 5.02 Å². The van der Waals surface area contributed by atoms with E-state index >= 15 is 0 Å². The fourth-order valence-corrected chi connectivity index (χ4v) is 5.65. The maximum Gasteiger partial charge on any atom is 0.241 e. The Balaban J connectivity index is 1.59. The lowest BCUT2D eigenvalue weighted by molar-refractivity contribution is 0.581. The number of imidazole rings is 1. The SMILES string of the molecule is Cc1ccc(Cl)cc1S(=O)(=O)NCc1sc2nc(-c3ccc(F)cc3)cn2c1C. The van der Waals surface area contributed by atoms with Crippen molar-refractivity contribution in [3.63, 3.8) is 0 Å². The minimum absolute atomic E-state index is 0.153. The minimum atomic E-state index is -3.70. The molecule has 0 atom stereocenters. The summed E-state index contributed by atoms with van der Waals surface area (Å²) in [6.07, 6.45) is 1.87. The van der Waals surface area contributed by atoms with E-state index in [1.54, 1.807) is 31.2 Å². The van der Waals surface area contributed by atoms with Crippen LogP contribution in [0.5, 0.6) is 0 Å². The molecule has 5 nitrogen and oxygen atoms in total. The van der Waals surface area contributed by atoms with Gasteiger partial charge in [-0.1, -0.05) is 29.0 Å². The topological polar surface area (TPSA) is 63.5 Å². The van der Waals surface area contributed by atoms with Crippen LogP contribution >= 0.6 is 22.9 Å². The van der Waals surface area contributed by atoms with Crippen molar-refractivity contribution in [2.24, 2.45) is 0 Å². The molecular weight excluding hydrogens is 433 g/mol. The van der Waals surface area contributed by atoms with Gasteiger partial charge in [0.1, 0.15) is 5.82 Å². The number of nitrogens with zero attached hydrogens (tertiary/aromatic N) is 2. The van der Waals surface area contributed by atoms with E-state index in [1.165, 1.54) is 29.5 Å². The summed E-state index contributed by atoms with van der Waals surface area (Å²) in [7, 11) is -3.70. The molecule has 2 aromatic carbocycles. The first-order valence-corrected chi connectivity index (χ1v) is 11.4. The Hall–Kier alpha value is -2.26. The lowest BCUT2D eigenvalue weighted by Gasteiger charge is -2.09. The number of nitrogens with one attached hydrogen (secondary N) is 1. The van der Waals surface area contributed by atoms with Gasteiger partial charge < -0.3 is 0 Å². The van der Waals surface area contributed by atoms with Gasteiger partial charge in [-0.25, -0.2) is 22.5 Å². The number of aryl methyl sites for hydroxylation is 2. The van der Waals surface area contributed by atoms with Crippen molar-refractivity contribution in [2.45, 2.75) is 25.3 Å². The smallest absolute Gasteiger partial charge is 0.241 e. The third-order valence-corrected chi connectivity index (χ3v) is 7.59. The minimum Gasteiger partial charge on any atom is -0.294 e. The Bertz CT molecular complexity index is 1310. The van der Waals surface area contributed by atoms with E-state index in [9.17, 15) is 12.8 Å². The van der Waals surface area contributed by atoms with Gasteiger partial charge in [-0.3, -0.25) is 4.40 Å². The van der Waals surface area contributed by atoms with Crippen molar-refractivity contribution in [1.82, 2.24) is 14.1 Å². The number of aromatic nitrogens is 2. The highest BCUT2D eigenvalue weighted by molar-refractivity contribution is 7.89. The molecule has 2 heterocycles. The lowest BCUT2D eigenvalue weighted by Crippen LogP contribution is -2.24. The number of sulfonamides is 1. The first-order valence-electron chi connectivity index (χ1n) is 8.74. The van der Waals surface area contributed by atoms with Gasteiger partial charge in [0.2, 0.25) is 10.0 Å². The summed E-state index contributed by atoms with van der Waals surface area (Å²) in [4.78, 5) is 6.36. The molecule has 0 aliphatic heterocycles. The molecule has 0 fully saturated rings. The van der Waals surface area contributed by atoms with Gasteiger partial charge >= 0.3 is 0 Å². The third kappa shape index (κ3) is 3.93. The standard InChI is InChI=1S/C20H17ClFN3O2S2/c1-12-3-6-15(21)9-19(12)29(26,27)23-10-18-13(2)25-11-17(24-20(25)28-18)14-4-7-16(22)8-5-14/h3-9,11,23H,10H2,1-2H3. The summed E-state index contributed by atoms with van der Waals surface area (Å²) in [5.41, 5.74) is 3.08. The van der Waals surface area contributed by atoms with Crippen LogP contribution in [0.3, 0.4) is 0 Å². The van der Waals surface area contributed by atoms with E-state index < -0.39 is 10.0 Å². The Kier molecular flexibility index (Phi) is 5.20. The largest absolute Gasteiger partial charge is 0.294 e. The zero-order valence-corrected chi connectivity index (χ0v) is 18.0. The molecule has 1 N–H and O–H groups in total. The van der Waals surface area contributed by atoms with Gasteiger partial charge in [-0.2, -0.15) is 0 Å². The quantitative estimate of drug-likeness (QED) is 0.468. The van der Waals surface area contributed by atoms with Gasteiger partial charge in [0, 0.05) is 33.9 Å². The number of rotatable bonds is 5. The van der Waals surface area contributed by atoms with Gasteiger partial charge in [0.25, 0.3) is 0 Å². The van der Waals surface area contributed by atoms with Crippen LogP contribution in [0.15, 0.2) is 53.6 Å². The molecule has 9 heteroatoms. The van der Waals surface area contributed by atoms with Gasteiger partial charge in [0.15, 0.2) is 4.96 Å². The molecule has 0 saturated heterocycles. The number of benzene rings is 2. The van der Waals surface area contributed by atoms with Crippen molar-refractivity contribution in [3.8, 4) is 11.3 Å². The van der Waals surface area contributed by atoms with Crippen LogP contribution in [0, 0.1) is 19.7 Å². The van der Waals surface area contributed by atoms with E-state index in [2.05, 4.69) is 9.71 Å². The second-order valence-corrected chi connectivity index (χ2v) is 9.86. The summed E-state index contributed by atoms with van der Waals surface area (Å²) in [5.74, 6) is -0.296. The molecule has 2 aromatic heterocycles. The molecule has 0 bridgehead atoms. The van der Waals surface area contributed by atoms with Gasteiger partial charge in [-0.15, -0.1) is 0 Å². The Labute approximate surface area is 176 Å². The maximum atomic E-state index is 13.1. The highest BCUT2D eigenvalue weighted by atomic mass is 35.5. The van der Waals surface area contributed by atoms with Crippen LogP contribution in [-0.4, -0.2) is 17.8 Å². The fraction of sp³-hybridized carbons (Fsp3) is 0.150. The molecule has 29 heavy (non-hydrogen) atoms. The zero-order valence-electron chi connectivity index (χ0n) is 15.6. The average molecular weight is 450 g/mol. The summed E-state index contributed by atoms with van der Waals surface area (Å²) in [6.45, 7) is 3.79. The monoisotopic (exact) mass is 449 g/mol. The average Bonchev–Trinajstić information content (AvgIpc) is 3.22. The molecule has 0 amide bonds. The van der Waals surface area contributed by atoms with Crippen LogP contribution in [0.4, 0.5) is 4.39 Å². The van der Waals surface area contributed by atoms with E-state index in [-0.39, 0.29) is 17.3 Å². The zero-order chi connectivity index (χ0) is 20.8. The molecule has 150 valence electrons. The predicted octanol–water partition coefficient (Wildman–Crippen LogP) is 4.95. The summed E-state index contributed by atoms with van der Waals surface area (Å²) in [6, 6.07) is 10.9. The number of halogens is 2. The molecule has 4 rings (SSSR count). The van der Waals surface area contributed by atoms with Crippen molar-refractivity contribution in [1.29, 1.82) is 0 Å². The number of hydrogen-bond donors (Lipinski definition) is 1. The maximum absolute atomic E-state index is 13.1. The van der Waals surface area contributed by atoms with Crippen LogP contribution in [-0.2, 0) is 16.6 Å². The lowest BCUT2D eigenvalue weighted by atomic mass is 10.2. The van der Waals surface area contributed by atoms with Gasteiger partial charge in [0.05, 0.1) is 10.6 Å². The molecular formula is C20H17ClFN3O2S2. The second kappa shape index (κ2) is 7.53. The van der Waals surface area contributed by atoms with Crippen molar-refractivity contribution in [3.05, 3.63) is 75.6 Å². The first-order chi connectivity index (χ1) is 13.7. The van der Waals surface area contributed by atoms with Gasteiger partial charge in [-0.05, 0) is 55.8 Å². The van der Waals surface area contributed by atoms with Crippen LogP contribution in [0.1, 0.15) is 16.1 Å². The van der Waals surface area contributed by atoms with E-state index in [0.717, 1.165) is 26.8 Å². The van der Waals surface area contributed by atoms with Crippen LogP contribution in [0.25, 0.3) is 16.2 Å². The first kappa shape index (κ1) is 20.0.